The molecule has 0 heterocycles. The van der Waals surface area contributed by atoms with Gasteiger partial charge in [-0.25, -0.2) is 0 Å². The molecule has 0 amide bonds. The van der Waals surface area contributed by atoms with E-state index in [0.717, 1.165) is 0 Å². The number of benzene rings is 1. The number of rotatable bonds is 5. The van der Waals surface area contributed by atoms with Gasteiger partial charge in [-0.1, -0.05) is 6.92 Å². The van der Waals surface area contributed by atoms with Gasteiger partial charge in [0.05, 0.1) is 12.9 Å². The molecule has 0 bridgehead atoms. The maximum Gasteiger partial charge on any atom is 0.309 e. The van der Waals surface area contributed by atoms with Crippen molar-refractivity contribution in [3.8, 4) is 11.5 Å². The van der Waals surface area contributed by atoms with Gasteiger partial charge in [-0.3, -0.25) is 0 Å². The predicted molar refractivity (Wildman–Crippen MR) is 57.7 cm³/mol. The first-order valence-electron chi connectivity index (χ1n) is 4.63. The van der Waals surface area contributed by atoms with Crippen LogP contribution in [0, 0.1) is 0 Å². The van der Waals surface area contributed by atoms with Crippen molar-refractivity contribution >= 4 is 10.1 Å². The van der Waals surface area contributed by atoms with Crippen LogP contribution in [-0.2, 0) is 10.1 Å². The van der Waals surface area contributed by atoms with Crippen molar-refractivity contribution in [2.24, 2.45) is 0 Å². The Bertz CT molecular complexity index is 394. The quantitative estimate of drug-likeness (QED) is 0.724. The highest BCUT2D eigenvalue weighted by molar-refractivity contribution is 7.87. The molecule has 0 unspecified atom stereocenters. The van der Waals surface area contributed by atoms with Gasteiger partial charge in [-0.05, 0) is 30.7 Å². The van der Waals surface area contributed by atoms with E-state index < -0.39 is 10.1 Å². The largest absolute Gasteiger partial charge is 0.497 e. The van der Waals surface area contributed by atoms with Crippen LogP contribution >= 0.6 is 0 Å². The van der Waals surface area contributed by atoms with Crippen molar-refractivity contribution < 1.29 is 17.3 Å². The van der Waals surface area contributed by atoms with E-state index in [4.69, 9.17) is 8.92 Å². The van der Waals surface area contributed by atoms with Gasteiger partial charge in [0.2, 0.25) is 0 Å². The van der Waals surface area contributed by atoms with Crippen molar-refractivity contribution in [3.05, 3.63) is 24.3 Å². The summed E-state index contributed by atoms with van der Waals surface area (Å²) >= 11 is 0. The summed E-state index contributed by atoms with van der Waals surface area (Å²) in [6.07, 6.45) is 0.540. The number of hydrogen-bond acceptors (Lipinski definition) is 4. The molecule has 0 saturated heterocycles. The highest BCUT2D eigenvalue weighted by atomic mass is 32.2. The van der Waals surface area contributed by atoms with Crippen LogP contribution in [0.1, 0.15) is 13.3 Å². The average Bonchev–Trinajstić information content (AvgIpc) is 2.18. The Morgan fingerprint density at radius 2 is 1.67 bits per heavy atom. The fraction of sp³-hybridized carbons (Fsp3) is 0.400. The van der Waals surface area contributed by atoms with Crippen LogP contribution in [0.15, 0.2) is 24.3 Å². The molecule has 4 nitrogen and oxygen atoms in total. The fourth-order valence-corrected chi connectivity index (χ4v) is 2.06. The summed E-state index contributed by atoms with van der Waals surface area (Å²) in [6.45, 7) is 1.79. The van der Waals surface area contributed by atoms with Gasteiger partial charge in [0.1, 0.15) is 11.5 Å². The number of ether oxygens (including phenoxy) is 1. The van der Waals surface area contributed by atoms with E-state index in [1.165, 1.54) is 0 Å². The molecule has 0 radical (unpaired) electrons. The van der Waals surface area contributed by atoms with Crippen LogP contribution < -0.4 is 8.92 Å². The molecule has 1 rings (SSSR count). The Labute approximate surface area is 90.0 Å². The zero-order valence-electron chi connectivity index (χ0n) is 8.76. The maximum absolute atomic E-state index is 11.3. The van der Waals surface area contributed by atoms with Gasteiger partial charge in [0, 0.05) is 0 Å². The molecule has 0 aliphatic rings. The van der Waals surface area contributed by atoms with Crippen molar-refractivity contribution in [2.75, 3.05) is 12.9 Å². The van der Waals surface area contributed by atoms with E-state index in [1.54, 1.807) is 38.3 Å². The minimum Gasteiger partial charge on any atom is -0.497 e. The topological polar surface area (TPSA) is 52.6 Å². The summed E-state index contributed by atoms with van der Waals surface area (Å²) in [6, 6.07) is 6.42. The van der Waals surface area contributed by atoms with Crippen molar-refractivity contribution in [2.45, 2.75) is 13.3 Å². The Morgan fingerprint density at radius 3 is 2.13 bits per heavy atom. The highest BCUT2D eigenvalue weighted by Crippen LogP contribution is 2.18. The summed E-state index contributed by atoms with van der Waals surface area (Å²) < 4.78 is 32.4. The smallest absolute Gasteiger partial charge is 0.309 e. The molecule has 0 aromatic heterocycles. The van der Waals surface area contributed by atoms with Crippen molar-refractivity contribution in [3.63, 3.8) is 0 Å². The molecule has 1 aromatic carbocycles. The van der Waals surface area contributed by atoms with Gasteiger partial charge in [0.25, 0.3) is 0 Å². The summed E-state index contributed by atoms with van der Waals surface area (Å²) in [4.78, 5) is 0. The molecule has 5 heteroatoms. The third-order valence-corrected chi connectivity index (χ3v) is 3.09. The Hall–Kier alpha value is -1.23. The van der Waals surface area contributed by atoms with Crippen LogP contribution in [0.25, 0.3) is 0 Å². The van der Waals surface area contributed by atoms with E-state index in [0.29, 0.717) is 17.9 Å². The summed E-state index contributed by atoms with van der Waals surface area (Å²) in [5.74, 6) is 0.999. The third kappa shape index (κ3) is 3.79. The third-order valence-electron chi connectivity index (χ3n) is 1.74. The number of hydrogen-bond donors (Lipinski definition) is 0. The zero-order valence-corrected chi connectivity index (χ0v) is 9.58. The van der Waals surface area contributed by atoms with Crippen molar-refractivity contribution in [1.29, 1.82) is 0 Å². The van der Waals surface area contributed by atoms with E-state index >= 15 is 0 Å². The van der Waals surface area contributed by atoms with Gasteiger partial charge in [-0.2, -0.15) is 8.42 Å². The molecule has 0 aliphatic heterocycles. The molecule has 0 saturated carbocycles. The fourth-order valence-electron chi connectivity index (χ4n) is 1.07. The summed E-state index contributed by atoms with van der Waals surface area (Å²) in [5, 5.41) is 0. The van der Waals surface area contributed by atoms with E-state index in [2.05, 4.69) is 0 Å². The van der Waals surface area contributed by atoms with Crippen LogP contribution in [0.2, 0.25) is 0 Å². The lowest BCUT2D eigenvalue weighted by atomic mass is 10.3. The average molecular weight is 230 g/mol. The first kappa shape index (κ1) is 11.8. The lowest BCUT2D eigenvalue weighted by Gasteiger charge is -2.06. The molecule has 0 aliphatic carbocycles. The zero-order chi connectivity index (χ0) is 11.3. The Kier molecular flexibility index (Phi) is 3.96. The van der Waals surface area contributed by atoms with Crippen LogP contribution in [-0.4, -0.2) is 21.3 Å². The second-order valence-electron chi connectivity index (χ2n) is 3.02. The molecule has 84 valence electrons. The van der Waals surface area contributed by atoms with E-state index in [-0.39, 0.29) is 5.75 Å². The summed E-state index contributed by atoms with van der Waals surface area (Å²) in [5.41, 5.74) is 0. The molecule has 1 aromatic rings. The first-order valence-corrected chi connectivity index (χ1v) is 6.21. The van der Waals surface area contributed by atoms with Gasteiger partial charge in [-0.15, -0.1) is 0 Å². The molecule has 0 fully saturated rings. The second kappa shape index (κ2) is 5.02. The Morgan fingerprint density at radius 1 is 1.13 bits per heavy atom. The van der Waals surface area contributed by atoms with Crippen LogP contribution in [0.3, 0.4) is 0 Å². The molecular weight excluding hydrogens is 216 g/mol. The van der Waals surface area contributed by atoms with E-state index in [9.17, 15) is 8.42 Å². The summed E-state index contributed by atoms with van der Waals surface area (Å²) in [7, 11) is -1.90. The normalized spacial score (nSPS) is 11.1. The van der Waals surface area contributed by atoms with Gasteiger partial charge >= 0.3 is 10.1 Å². The molecule has 0 spiro atoms. The number of methoxy groups -OCH3 is 1. The standard InChI is InChI=1S/C10H14O4S/c1-3-8-15(11,12)14-10-6-4-9(13-2)5-7-10/h4-7H,3,8H2,1-2H3. The SMILES string of the molecule is CCCS(=O)(=O)Oc1ccc(OC)cc1. The lowest BCUT2D eigenvalue weighted by molar-refractivity contribution is 0.413. The molecule has 0 atom stereocenters. The van der Waals surface area contributed by atoms with Crippen LogP contribution in [0.4, 0.5) is 0 Å². The Balaban J connectivity index is 2.73. The molecule has 0 N–H and O–H groups in total. The van der Waals surface area contributed by atoms with Gasteiger partial charge in [0.15, 0.2) is 0 Å². The maximum atomic E-state index is 11.3. The minimum absolute atomic E-state index is 0.0268. The van der Waals surface area contributed by atoms with Crippen molar-refractivity contribution in [1.82, 2.24) is 0 Å². The lowest BCUT2D eigenvalue weighted by Crippen LogP contribution is -2.12. The van der Waals surface area contributed by atoms with Crippen LogP contribution in [0.5, 0.6) is 11.5 Å². The molecule has 15 heavy (non-hydrogen) atoms. The first-order chi connectivity index (χ1) is 7.07. The minimum atomic E-state index is -3.45. The second-order valence-corrected chi connectivity index (χ2v) is 4.71. The monoisotopic (exact) mass is 230 g/mol. The van der Waals surface area contributed by atoms with E-state index in [1.807, 2.05) is 0 Å². The highest BCUT2D eigenvalue weighted by Gasteiger charge is 2.10. The van der Waals surface area contributed by atoms with Gasteiger partial charge < -0.3 is 8.92 Å². The predicted octanol–water partition coefficient (Wildman–Crippen LogP) is 1.81. The molecular formula is C10H14O4S.